The average Bonchev–Trinajstić information content (AvgIpc) is 2.42. The van der Waals surface area contributed by atoms with Crippen LogP contribution in [-0.2, 0) is 16.1 Å². The van der Waals surface area contributed by atoms with Crippen LogP contribution in [0.15, 0.2) is 24.3 Å². The van der Waals surface area contributed by atoms with Crippen molar-refractivity contribution in [2.45, 2.75) is 47.6 Å². The van der Waals surface area contributed by atoms with Gasteiger partial charge in [-0.2, -0.15) is 0 Å². The summed E-state index contributed by atoms with van der Waals surface area (Å²) in [5.74, 6) is 1.11. The quantitative estimate of drug-likeness (QED) is 0.705. The van der Waals surface area contributed by atoms with Crippen LogP contribution in [0.2, 0.25) is 0 Å². The minimum absolute atomic E-state index is 0.278. The van der Waals surface area contributed by atoms with Crippen molar-refractivity contribution in [3.63, 3.8) is 0 Å². The van der Waals surface area contributed by atoms with E-state index in [1.165, 1.54) is 0 Å². The molecule has 21 heavy (non-hydrogen) atoms. The second kappa shape index (κ2) is 7.08. The monoisotopic (exact) mass is 292 g/mol. The summed E-state index contributed by atoms with van der Waals surface area (Å²) in [4.78, 5) is 12.4. The van der Waals surface area contributed by atoms with Crippen LogP contribution in [0.25, 0.3) is 0 Å². The number of rotatable bonds is 7. The molecular weight excluding hydrogens is 264 g/mol. The number of benzene rings is 1. The fraction of sp³-hybridized carbons (Fsp3) is 0.611. The zero-order valence-corrected chi connectivity index (χ0v) is 14.2. The van der Waals surface area contributed by atoms with Gasteiger partial charge in [-0.25, -0.2) is 0 Å². The van der Waals surface area contributed by atoms with E-state index in [1.54, 1.807) is 7.11 Å². The van der Waals surface area contributed by atoms with E-state index in [0.717, 1.165) is 17.7 Å². The van der Waals surface area contributed by atoms with Gasteiger partial charge < -0.3 is 9.47 Å². The number of Topliss-reactive ketones (excluding diaryl/α,β-unsaturated/α-hetero) is 1. The molecule has 0 aliphatic carbocycles. The highest BCUT2D eigenvalue weighted by Gasteiger charge is 2.35. The van der Waals surface area contributed by atoms with Crippen molar-refractivity contribution in [3.8, 4) is 5.75 Å². The van der Waals surface area contributed by atoms with Crippen LogP contribution in [0.1, 0.15) is 46.6 Å². The van der Waals surface area contributed by atoms with E-state index in [4.69, 9.17) is 9.47 Å². The van der Waals surface area contributed by atoms with Crippen LogP contribution < -0.4 is 4.74 Å². The van der Waals surface area contributed by atoms with Gasteiger partial charge in [0.15, 0.2) is 0 Å². The first kappa shape index (κ1) is 17.7. The van der Waals surface area contributed by atoms with Crippen LogP contribution in [0.5, 0.6) is 5.75 Å². The normalized spacial score (nSPS) is 12.3. The van der Waals surface area contributed by atoms with Crippen LogP contribution in [0.3, 0.4) is 0 Å². The van der Waals surface area contributed by atoms with Crippen LogP contribution in [0.4, 0.5) is 0 Å². The number of methoxy groups -OCH3 is 1. The molecule has 0 aliphatic heterocycles. The third kappa shape index (κ3) is 5.50. The van der Waals surface area contributed by atoms with E-state index in [-0.39, 0.29) is 16.6 Å². The fourth-order valence-corrected chi connectivity index (χ4v) is 2.41. The van der Waals surface area contributed by atoms with Gasteiger partial charge in [0, 0.05) is 17.4 Å². The van der Waals surface area contributed by atoms with Crippen molar-refractivity contribution >= 4 is 5.78 Å². The van der Waals surface area contributed by atoms with Crippen molar-refractivity contribution in [3.05, 3.63) is 29.8 Å². The molecule has 0 amide bonds. The molecule has 3 nitrogen and oxygen atoms in total. The molecule has 0 heterocycles. The Kier molecular flexibility index (Phi) is 5.97. The molecule has 0 saturated carbocycles. The van der Waals surface area contributed by atoms with Gasteiger partial charge >= 0.3 is 0 Å². The standard InChI is InChI=1S/C18H28O3/c1-17(2,3)16(19)18(4,5)10-11-21-13-14-8-7-9-15(12-14)20-6/h7-9,12H,10-11,13H2,1-6H3. The van der Waals surface area contributed by atoms with Gasteiger partial charge in [-0.3, -0.25) is 4.79 Å². The van der Waals surface area contributed by atoms with E-state index in [0.29, 0.717) is 13.2 Å². The molecule has 3 heteroatoms. The highest BCUT2D eigenvalue weighted by molar-refractivity contribution is 5.88. The summed E-state index contributed by atoms with van der Waals surface area (Å²) in [7, 11) is 1.65. The number of ketones is 1. The van der Waals surface area contributed by atoms with Crippen LogP contribution in [-0.4, -0.2) is 19.5 Å². The lowest BCUT2D eigenvalue weighted by Crippen LogP contribution is -2.35. The first-order valence-corrected chi connectivity index (χ1v) is 7.42. The summed E-state index contributed by atoms with van der Waals surface area (Å²) < 4.78 is 10.9. The van der Waals surface area contributed by atoms with E-state index >= 15 is 0 Å². The molecule has 0 aliphatic rings. The van der Waals surface area contributed by atoms with Gasteiger partial charge in [0.2, 0.25) is 0 Å². The number of carbonyl (C=O) groups excluding carboxylic acids is 1. The Labute approximate surface area is 128 Å². The van der Waals surface area contributed by atoms with Gasteiger partial charge in [0.1, 0.15) is 11.5 Å². The Balaban J connectivity index is 2.44. The van der Waals surface area contributed by atoms with E-state index in [1.807, 2.05) is 58.9 Å². The zero-order chi connectivity index (χ0) is 16.1. The van der Waals surface area contributed by atoms with Gasteiger partial charge in [0.05, 0.1) is 13.7 Å². The Morgan fingerprint density at radius 2 is 1.81 bits per heavy atom. The molecule has 0 aromatic heterocycles. The predicted molar refractivity (Wildman–Crippen MR) is 85.5 cm³/mol. The predicted octanol–water partition coefficient (Wildman–Crippen LogP) is 4.24. The molecule has 1 rings (SSSR count). The van der Waals surface area contributed by atoms with Crippen molar-refractivity contribution in [1.29, 1.82) is 0 Å². The molecule has 0 atom stereocenters. The van der Waals surface area contributed by atoms with Crippen molar-refractivity contribution in [1.82, 2.24) is 0 Å². The number of hydrogen-bond acceptors (Lipinski definition) is 3. The molecule has 1 aromatic rings. The van der Waals surface area contributed by atoms with E-state index in [2.05, 4.69) is 0 Å². The molecule has 0 spiro atoms. The molecule has 0 saturated heterocycles. The fourth-order valence-electron chi connectivity index (χ4n) is 2.41. The van der Waals surface area contributed by atoms with Crippen molar-refractivity contribution < 1.29 is 14.3 Å². The molecule has 118 valence electrons. The SMILES string of the molecule is COc1cccc(COCCC(C)(C)C(=O)C(C)(C)C)c1. The van der Waals surface area contributed by atoms with Gasteiger partial charge in [-0.1, -0.05) is 46.8 Å². The first-order valence-electron chi connectivity index (χ1n) is 7.42. The summed E-state index contributed by atoms with van der Waals surface area (Å²) in [6.07, 6.45) is 0.729. The third-order valence-electron chi connectivity index (χ3n) is 3.57. The molecule has 0 bridgehead atoms. The maximum absolute atomic E-state index is 12.4. The third-order valence-corrected chi connectivity index (χ3v) is 3.57. The molecule has 0 N–H and O–H groups in total. The molecule has 1 aromatic carbocycles. The van der Waals surface area contributed by atoms with Crippen molar-refractivity contribution in [2.75, 3.05) is 13.7 Å². The van der Waals surface area contributed by atoms with Crippen LogP contribution in [0, 0.1) is 10.8 Å². The molecular formula is C18H28O3. The molecule has 0 radical (unpaired) electrons. The smallest absolute Gasteiger partial charge is 0.143 e. The van der Waals surface area contributed by atoms with Gasteiger partial charge in [-0.05, 0) is 24.1 Å². The maximum Gasteiger partial charge on any atom is 0.143 e. The molecule has 0 fully saturated rings. The minimum Gasteiger partial charge on any atom is -0.497 e. The number of hydrogen-bond donors (Lipinski definition) is 0. The maximum atomic E-state index is 12.4. The summed E-state index contributed by atoms with van der Waals surface area (Å²) in [5.41, 5.74) is 0.414. The summed E-state index contributed by atoms with van der Waals surface area (Å²) in [5, 5.41) is 0. The number of carbonyl (C=O) groups is 1. The summed E-state index contributed by atoms with van der Waals surface area (Å²) in [6.45, 7) is 11.0. The lowest BCUT2D eigenvalue weighted by Gasteiger charge is -2.30. The Bertz CT molecular complexity index is 470. The summed E-state index contributed by atoms with van der Waals surface area (Å²) >= 11 is 0. The molecule has 0 unspecified atom stereocenters. The lowest BCUT2D eigenvalue weighted by atomic mass is 9.73. The van der Waals surface area contributed by atoms with Crippen LogP contribution >= 0.6 is 0 Å². The highest BCUT2D eigenvalue weighted by Crippen LogP contribution is 2.31. The lowest BCUT2D eigenvalue weighted by molar-refractivity contribution is -0.136. The first-order chi connectivity index (χ1) is 9.66. The largest absolute Gasteiger partial charge is 0.497 e. The van der Waals surface area contributed by atoms with Gasteiger partial charge in [0.25, 0.3) is 0 Å². The zero-order valence-electron chi connectivity index (χ0n) is 14.2. The topological polar surface area (TPSA) is 35.5 Å². The second-order valence-corrected chi connectivity index (χ2v) is 7.12. The van der Waals surface area contributed by atoms with Gasteiger partial charge in [-0.15, -0.1) is 0 Å². The van der Waals surface area contributed by atoms with E-state index < -0.39 is 0 Å². The number of ether oxygens (including phenoxy) is 2. The Morgan fingerprint density at radius 1 is 1.14 bits per heavy atom. The average molecular weight is 292 g/mol. The Hall–Kier alpha value is -1.35. The van der Waals surface area contributed by atoms with Crippen molar-refractivity contribution in [2.24, 2.45) is 10.8 Å². The van der Waals surface area contributed by atoms with E-state index in [9.17, 15) is 4.79 Å². The second-order valence-electron chi connectivity index (χ2n) is 7.12. The highest BCUT2D eigenvalue weighted by atomic mass is 16.5. The minimum atomic E-state index is -0.355. The Morgan fingerprint density at radius 3 is 2.38 bits per heavy atom. The summed E-state index contributed by atoms with van der Waals surface area (Å²) in [6, 6.07) is 7.83.